The molecule has 0 bridgehead atoms. The summed E-state index contributed by atoms with van der Waals surface area (Å²) in [5.74, 6) is 0. The summed E-state index contributed by atoms with van der Waals surface area (Å²) in [6.07, 6.45) is -1.34. The van der Waals surface area contributed by atoms with E-state index in [1.165, 1.54) is 13.1 Å². The normalized spacial score (nSPS) is 21.0. The number of nitrogens with one attached hydrogen (secondary N) is 2. The molecule has 3 rings (SSSR count). The maximum absolute atomic E-state index is 12.1. The van der Waals surface area contributed by atoms with Crippen molar-refractivity contribution in [3.05, 3.63) is 68.5 Å². The summed E-state index contributed by atoms with van der Waals surface area (Å²) in [6.45, 7) is 1.48. The Balaban J connectivity index is 1.66. The van der Waals surface area contributed by atoms with Crippen molar-refractivity contribution in [2.75, 3.05) is 12.9 Å². The van der Waals surface area contributed by atoms with Crippen LogP contribution in [0.1, 0.15) is 23.8 Å². The molecule has 1 aromatic heterocycles. The molecule has 12 heteroatoms. The molecule has 1 aromatic carbocycles. The van der Waals surface area contributed by atoms with E-state index in [0.29, 0.717) is 0 Å². The van der Waals surface area contributed by atoms with E-state index < -0.39 is 45.9 Å². The lowest BCUT2D eigenvalue weighted by molar-refractivity contribution is -0.0446. The second-order valence-corrected chi connectivity index (χ2v) is 8.72. The zero-order valence-corrected chi connectivity index (χ0v) is 17.8. The van der Waals surface area contributed by atoms with Crippen LogP contribution in [0.15, 0.2) is 46.1 Å². The largest absolute Gasteiger partial charge is 0.447 e. The standard InChI is InChI=1S/C19H23N3O8S/c1-12-10-22(18(24)21-17(12)23)16-8-14(30-31(2,26)27)15(29-16)11-28-19(25)20-9-13-6-4-3-5-7-13/h3-7,10,14-16H,8-9,11H2,1-2H3,(H,20,25)(H,21,23,24)/t14-,15+,16+/m0/s1. The molecule has 0 spiro atoms. The van der Waals surface area contributed by atoms with Gasteiger partial charge in [0.15, 0.2) is 0 Å². The van der Waals surface area contributed by atoms with E-state index >= 15 is 0 Å². The van der Waals surface area contributed by atoms with Crippen molar-refractivity contribution in [1.82, 2.24) is 14.9 Å². The van der Waals surface area contributed by atoms with E-state index in [9.17, 15) is 22.8 Å². The smallest absolute Gasteiger partial charge is 0.407 e. The van der Waals surface area contributed by atoms with E-state index in [1.54, 1.807) is 0 Å². The number of nitrogens with zero attached hydrogens (tertiary/aromatic N) is 1. The van der Waals surface area contributed by atoms with Crippen molar-refractivity contribution in [2.45, 2.75) is 38.3 Å². The van der Waals surface area contributed by atoms with Gasteiger partial charge in [-0.05, 0) is 12.5 Å². The van der Waals surface area contributed by atoms with Gasteiger partial charge >= 0.3 is 11.8 Å². The fourth-order valence-corrected chi connectivity index (χ4v) is 3.78. The number of H-pyrrole nitrogens is 1. The Kier molecular flexibility index (Phi) is 6.93. The average molecular weight is 453 g/mol. The van der Waals surface area contributed by atoms with Crippen LogP contribution >= 0.6 is 0 Å². The molecule has 2 heterocycles. The highest BCUT2D eigenvalue weighted by molar-refractivity contribution is 7.86. The molecule has 0 saturated carbocycles. The first kappa shape index (κ1) is 22.7. The predicted molar refractivity (Wildman–Crippen MR) is 109 cm³/mol. The molecule has 0 aliphatic carbocycles. The second kappa shape index (κ2) is 9.45. The topological polar surface area (TPSA) is 146 Å². The van der Waals surface area contributed by atoms with Gasteiger partial charge in [-0.15, -0.1) is 0 Å². The van der Waals surface area contributed by atoms with Crippen LogP contribution in [0.4, 0.5) is 4.79 Å². The summed E-state index contributed by atoms with van der Waals surface area (Å²) in [4.78, 5) is 37.9. The predicted octanol–water partition coefficient (Wildman–Crippen LogP) is 0.404. The molecule has 1 fully saturated rings. The highest BCUT2D eigenvalue weighted by Gasteiger charge is 2.40. The first-order chi connectivity index (χ1) is 14.6. The number of amides is 1. The third kappa shape index (κ3) is 6.26. The van der Waals surface area contributed by atoms with Gasteiger partial charge in [0, 0.05) is 24.7 Å². The Hall–Kier alpha value is -2.96. The van der Waals surface area contributed by atoms with Crippen LogP contribution in [-0.2, 0) is 30.3 Å². The fraction of sp³-hybridized carbons (Fsp3) is 0.421. The van der Waals surface area contributed by atoms with Crippen molar-refractivity contribution in [1.29, 1.82) is 0 Å². The van der Waals surface area contributed by atoms with Crippen LogP contribution in [0, 0.1) is 6.92 Å². The minimum Gasteiger partial charge on any atom is -0.447 e. The molecule has 1 aliphatic rings. The van der Waals surface area contributed by atoms with Crippen LogP contribution < -0.4 is 16.6 Å². The lowest BCUT2D eigenvalue weighted by Gasteiger charge is -2.18. The quantitative estimate of drug-likeness (QED) is 0.573. The number of benzene rings is 1. The number of carbonyl (C=O) groups is 1. The first-order valence-corrected chi connectivity index (χ1v) is 11.2. The zero-order chi connectivity index (χ0) is 22.6. The summed E-state index contributed by atoms with van der Waals surface area (Å²) >= 11 is 0. The highest BCUT2D eigenvalue weighted by Crippen LogP contribution is 2.31. The Morgan fingerprint density at radius 3 is 2.68 bits per heavy atom. The zero-order valence-electron chi connectivity index (χ0n) is 16.9. The van der Waals surface area contributed by atoms with Gasteiger partial charge in [0.05, 0.1) is 6.26 Å². The van der Waals surface area contributed by atoms with E-state index in [0.717, 1.165) is 16.4 Å². The van der Waals surface area contributed by atoms with Crippen molar-refractivity contribution in [3.63, 3.8) is 0 Å². The second-order valence-electron chi connectivity index (χ2n) is 7.12. The number of hydrogen-bond donors (Lipinski definition) is 2. The number of carbonyl (C=O) groups excluding carboxylic acids is 1. The van der Waals surface area contributed by atoms with Gasteiger partial charge < -0.3 is 14.8 Å². The number of aromatic amines is 1. The van der Waals surface area contributed by atoms with E-state index in [-0.39, 0.29) is 25.1 Å². The number of hydrogen-bond acceptors (Lipinski definition) is 8. The number of aryl methyl sites for hydroxylation is 1. The molecular formula is C19H23N3O8S. The number of alkyl carbamates (subject to hydrolysis) is 1. The SMILES string of the molecule is Cc1cn([C@H]2C[C@H](OS(C)(=O)=O)[C@@H](COC(=O)NCc3ccccc3)O2)c(=O)[nH]c1=O. The molecule has 168 valence electrons. The molecule has 2 aromatic rings. The van der Waals surface area contributed by atoms with Gasteiger partial charge in [-0.2, -0.15) is 8.42 Å². The third-order valence-electron chi connectivity index (χ3n) is 4.59. The minimum atomic E-state index is -3.84. The molecule has 3 atom stereocenters. The Bertz CT molecular complexity index is 1140. The Morgan fingerprint density at radius 1 is 1.29 bits per heavy atom. The first-order valence-electron chi connectivity index (χ1n) is 9.43. The van der Waals surface area contributed by atoms with Gasteiger partial charge in [-0.1, -0.05) is 30.3 Å². The maximum Gasteiger partial charge on any atom is 0.407 e. The van der Waals surface area contributed by atoms with Gasteiger partial charge in [0.1, 0.15) is 25.0 Å². The summed E-state index contributed by atoms with van der Waals surface area (Å²) in [5, 5.41) is 2.58. The van der Waals surface area contributed by atoms with Gasteiger partial charge in [-0.25, -0.2) is 9.59 Å². The van der Waals surface area contributed by atoms with Crippen molar-refractivity contribution < 1.29 is 26.9 Å². The van der Waals surface area contributed by atoms with Crippen molar-refractivity contribution >= 4 is 16.2 Å². The summed E-state index contributed by atoms with van der Waals surface area (Å²) in [5.41, 5.74) is -0.0782. The van der Waals surface area contributed by atoms with Gasteiger partial charge in [0.25, 0.3) is 15.7 Å². The van der Waals surface area contributed by atoms with E-state index in [2.05, 4.69) is 10.3 Å². The van der Waals surface area contributed by atoms with E-state index in [1.807, 2.05) is 30.3 Å². The third-order valence-corrected chi connectivity index (χ3v) is 5.19. The van der Waals surface area contributed by atoms with Crippen molar-refractivity contribution in [3.8, 4) is 0 Å². The molecule has 2 N–H and O–H groups in total. The highest BCUT2D eigenvalue weighted by atomic mass is 32.2. The van der Waals surface area contributed by atoms with Crippen molar-refractivity contribution in [2.24, 2.45) is 0 Å². The molecule has 1 aliphatic heterocycles. The van der Waals surface area contributed by atoms with Gasteiger partial charge in [0.2, 0.25) is 0 Å². The maximum atomic E-state index is 12.1. The monoisotopic (exact) mass is 453 g/mol. The van der Waals surface area contributed by atoms with E-state index in [4.69, 9.17) is 13.7 Å². The number of aromatic nitrogens is 2. The summed E-state index contributed by atoms with van der Waals surface area (Å²) in [6, 6.07) is 9.20. The molecular weight excluding hydrogens is 430 g/mol. The Labute approximate surface area is 178 Å². The Morgan fingerprint density at radius 2 is 2.00 bits per heavy atom. The molecule has 1 saturated heterocycles. The van der Waals surface area contributed by atoms with Crippen LogP contribution in [0.3, 0.4) is 0 Å². The average Bonchev–Trinajstić information content (AvgIpc) is 3.09. The molecule has 11 nitrogen and oxygen atoms in total. The van der Waals surface area contributed by atoms with Crippen LogP contribution in [0.5, 0.6) is 0 Å². The van der Waals surface area contributed by atoms with Crippen LogP contribution in [0.2, 0.25) is 0 Å². The number of rotatable bonds is 7. The molecule has 0 unspecified atom stereocenters. The minimum absolute atomic E-state index is 0.00186. The van der Waals surface area contributed by atoms with Crippen LogP contribution in [-0.4, -0.2) is 49.1 Å². The molecule has 0 radical (unpaired) electrons. The lowest BCUT2D eigenvalue weighted by atomic mass is 10.2. The summed E-state index contributed by atoms with van der Waals surface area (Å²) in [7, 11) is -3.84. The van der Waals surface area contributed by atoms with Gasteiger partial charge in [-0.3, -0.25) is 18.5 Å². The number of ether oxygens (including phenoxy) is 2. The van der Waals surface area contributed by atoms with Crippen LogP contribution in [0.25, 0.3) is 0 Å². The lowest BCUT2D eigenvalue weighted by Crippen LogP contribution is -2.34. The fourth-order valence-electron chi connectivity index (χ4n) is 3.13. The molecule has 31 heavy (non-hydrogen) atoms. The summed E-state index contributed by atoms with van der Waals surface area (Å²) < 4.78 is 40.4. The molecule has 1 amide bonds.